The highest BCUT2D eigenvalue weighted by Gasteiger charge is 2.23. The average molecular weight is 446 g/mol. The van der Waals surface area contributed by atoms with Crippen molar-refractivity contribution in [2.45, 2.75) is 25.8 Å². The maximum Gasteiger partial charge on any atom is 0.259 e. The molecule has 1 aliphatic heterocycles. The predicted molar refractivity (Wildman–Crippen MR) is 127 cm³/mol. The van der Waals surface area contributed by atoms with Gasteiger partial charge in [0, 0.05) is 68.0 Å². The van der Waals surface area contributed by atoms with Gasteiger partial charge in [-0.1, -0.05) is 6.92 Å². The standard InChI is InChI=1S/C23H27N9O/c1-3-25-16-7-11-31(12-8-16)19-5-4-17(22-18(19)14-30(2)29-22)23(33)27-20-9-13-32(28-20)21-6-10-24-15-26-21/h4-6,9-10,13-16,25H,3,7-8,11-12H2,1-2H3,(H,27,28,33). The molecule has 0 atom stereocenters. The Bertz CT molecular complexity index is 1260. The molecule has 0 saturated carbocycles. The predicted octanol–water partition coefficient (Wildman–Crippen LogP) is 2.38. The summed E-state index contributed by atoms with van der Waals surface area (Å²) in [5, 5.41) is 16.4. The summed E-state index contributed by atoms with van der Waals surface area (Å²) in [7, 11) is 1.88. The van der Waals surface area contributed by atoms with Gasteiger partial charge in [0.05, 0.1) is 5.56 Å². The van der Waals surface area contributed by atoms with Crippen LogP contribution in [0.25, 0.3) is 16.7 Å². The van der Waals surface area contributed by atoms with Crippen LogP contribution < -0.4 is 15.5 Å². The molecule has 0 unspecified atom stereocenters. The van der Waals surface area contributed by atoms with E-state index in [1.807, 2.05) is 25.4 Å². The monoisotopic (exact) mass is 445 g/mol. The van der Waals surface area contributed by atoms with Crippen molar-refractivity contribution in [1.29, 1.82) is 0 Å². The van der Waals surface area contributed by atoms with E-state index in [0.29, 0.717) is 28.8 Å². The van der Waals surface area contributed by atoms with Crippen molar-refractivity contribution in [2.24, 2.45) is 7.05 Å². The molecule has 10 nitrogen and oxygen atoms in total. The second-order valence-corrected chi connectivity index (χ2v) is 8.18. The molecule has 1 saturated heterocycles. The van der Waals surface area contributed by atoms with E-state index in [9.17, 15) is 4.79 Å². The minimum atomic E-state index is -0.246. The Hall–Kier alpha value is -3.79. The molecule has 1 amide bonds. The van der Waals surface area contributed by atoms with Gasteiger partial charge >= 0.3 is 0 Å². The molecule has 5 rings (SSSR count). The number of rotatable bonds is 6. The molecular formula is C23H27N9O. The van der Waals surface area contributed by atoms with Crippen LogP contribution in [-0.4, -0.2) is 61.1 Å². The third-order valence-corrected chi connectivity index (χ3v) is 5.97. The number of piperidine rings is 1. The summed E-state index contributed by atoms with van der Waals surface area (Å²) in [6.07, 6.45) is 9.04. The number of carbonyl (C=O) groups is 1. The lowest BCUT2D eigenvalue weighted by atomic mass is 10.0. The van der Waals surface area contributed by atoms with Crippen LogP contribution in [0, 0.1) is 0 Å². The second-order valence-electron chi connectivity index (χ2n) is 8.18. The summed E-state index contributed by atoms with van der Waals surface area (Å²) in [4.78, 5) is 23.6. The van der Waals surface area contributed by atoms with Gasteiger partial charge in [-0.15, -0.1) is 5.10 Å². The van der Waals surface area contributed by atoms with Gasteiger partial charge in [0.15, 0.2) is 11.6 Å². The zero-order valence-corrected chi connectivity index (χ0v) is 18.8. The largest absolute Gasteiger partial charge is 0.371 e. The first-order chi connectivity index (χ1) is 16.1. The number of amides is 1. The maximum atomic E-state index is 13.1. The Kier molecular flexibility index (Phi) is 5.74. The molecule has 0 aliphatic carbocycles. The van der Waals surface area contributed by atoms with Gasteiger partial charge < -0.3 is 15.5 Å². The number of benzene rings is 1. The second kappa shape index (κ2) is 8.99. The van der Waals surface area contributed by atoms with Gasteiger partial charge in [-0.3, -0.25) is 9.48 Å². The van der Waals surface area contributed by atoms with Crippen molar-refractivity contribution in [3.05, 3.63) is 54.7 Å². The van der Waals surface area contributed by atoms with Gasteiger partial charge in [0.25, 0.3) is 5.91 Å². The fraction of sp³-hybridized carbons (Fsp3) is 0.348. The molecular weight excluding hydrogens is 418 g/mol. The molecule has 170 valence electrons. The number of nitrogens with zero attached hydrogens (tertiary/aromatic N) is 7. The van der Waals surface area contributed by atoms with E-state index < -0.39 is 0 Å². The molecule has 1 aliphatic rings. The third kappa shape index (κ3) is 4.29. The van der Waals surface area contributed by atoms with Crippen molar-refractivity contribution in [2.75, 3.05) is 29.9 Å². The molecule has 4 aromatic rings. The van der Waals surface area contributed by atoms with E-state index >= 15 is 0 Å². The normalized spacial score (nSPS) is 14.7. The van der Waals surface area contributed by atoms with Crippen molar-refractivity contribution < 1.29 is 4.79 Å². The summed E-state index contributed by atoms with van der Waals surface area (Å²) in [5.74, 6) is 0.821. The Labute approximate surface area is 191 Å². The van der Waals surface area contributed by atoms with Crippen molar-refractivity contribution in [1.82, 2.24) is 34.8 Å². The quantitative estimate of drug-likeness (QED) is 0.469. The maximum absolute atomic E-state index is 13.1. The SMILES string of the molecule is CCNC1CCN(c2ccc(C(=O)Nc3ccn(-c4ccncn4)n3)c3nn(C)cc23)CC1. The van der Waals surface area contributed by atoms with Crippen LogP contribution >= 0.6 is 0 Å². The zero-order valence-electron chi connectivity index (χ0n) is 18.8. The fourth-order valence-electron chi connectivity index (χ4n) is 4.40. The van der Waals surface area contributed by atoms with Crippen LogP contribution in [0.5, 0.6) is 0 Å². The van der Waals surface area contributed by atoms with Crippen LogP contribution in [0.1, 0.15) is 30.1 Å². The summed E-state index contributed by atoms with van der Waals surface area (Å²) >= 11 is 0. The molecule has 1 fully saturated rings. The Morgan fingerprint density at radius 2 is 2.00 bits per heavy atom. The molecule has 33 heavy (non-hydrogen) atoms. The zero-order chi connectivity index (χ0) is 22.8. The molecule has 0 bridgehead atoms. The van der Waals surface area contributed by atoms with Crippen LogP contribution in [0.2, 0.25) is 0 Å². The van der Waals surface area contributed by atoms with E-state index in [-0.39, 0.29) is 5.91 Å². The molecule has 0 radical (unpaired) electrons. The number of hydrogen-bond donors (Lipinski definition) is 2. The Balaban J connectivity index is 1.38. The number of carbonyl (C=O) groups excluding carboxylic acids is 1. The molecule has 0 spiro atoms. The highest BCUT2D eigenvalue weighted by atomic mass is 16.1. The van der Waals surface area contributed by atoms with Crippen LogP contribution in [0.15, 0.2) is 49.2 Å². The van der Waals surface area contributed by atoms with Crippen molar-refractivity contribution in [3.8, 4) is 5.82 Å². The summed E-state index contributed by atoms with van der Waals surface area (Å²) in [6.45, 7) is 5.11. The summed E-state index contributed by atoms with van der Waals surface area (Å²) in [6, 6.07) is 7.95. The van der Waals surface area contributed by atoms with E-state index in [2.05, 4.69) is 42.6 Å². The highest BCUT2D eigenvalue weighted by molar-refractivity contribution is 6.13. The highest BCUT2D eigenvalue weighted by Crippen LogP contribution is 2.31. The Morgan fingerprint density at radius 1 is 1.15 bits per heavy atom. The molecule has 4 heterocycles. The van der Waals surface area contributed by atoms with Gasteiger partial charge in [-0.2, -0.15) is 5.10 Å². The molecule has 10 heteroatoms. The van der Waals surface area contributed by atoms with E-state index in [1.54, 1.807) is 33.9 Å². The lowest BCUT2D eigenvalue weighted by Crippen LogP contribution is -2.42. The minimum Gasteiger partial charge on any atom is -0.371 e. The topological polar surface area (TPSA) is 106 Å². The number of nitrogens with one attached hydrogen (secondary N) is 2. The molecule has 2 N–H and O–H groups in total. The summed E-state index contributed by atoms with van der Waals surface area (Å²) in [5.41, 5.74) is 2.34. The van der Waals surface area contributed by atoms with Gasteiger partial charge in [0.2, 0.25) is 0 Å². The number of anilines is 2. The number of aryl methyl sites for hydroxylation is 1. The van der Waals surface area contributed by atoms with E-state index in [1.165, 1.54) is 6.33 Å². The first kappa shape index (κ1) is 21.1. The lowest BCUT2D eigenvalue weighted by molar-refractivity contribution is 0.102. The van der Waals surface area contributed by atoms with Crippen LogP contribution in [-0.2, 0) is 7.05 Å². The van der Waals surface area contributed by atoms with Gasteiger partial charge in [-0.25, -0.2) is 14.6 Å². The molecule has 3 aromatic heterocycles. The first-order valence-electron chi connectivity index (χ1n) is 11.2. The lowest BCUT2D eigenvalue weighted by Gasteiger charge is -2.34. The van der Waals surface area contributed by atoms with Gasteiger partial charge in [-0.05, 0) is 31.5 Å². The average Bonchev–Trinajstić information content (AvgIpc) is 3.46. The Morgan fingerprint density at radius 3 is 2.76 bits per heavy atom. The third-order valence-electron chi connectivity index (χ3n) is 5.97. The molecule has 1 aromatic carbocycles. The smallest absolute Gasteiger partial charge is 0.259 e. The number of aromatic nitrogens is 6. The van der Waals surface area contributed by atoms with E-state index in [4.69, 9.17) is 0 Å². The van der Waals surface area contributed by atoms with Crippen molar-refractivity contribution >= 4 is 28.3 Å². The fourth-order valence-corrected chi connectivity index (χ4v) is 4.40. The van der Waals surface area contributed by atoms with Crippen LogP contribution in [0.4, 0.5) is 11.5 Å². The summed E-state index contributed by atoms with van der Waals surface area (Å²) < 4.78 is 3.36. The van der Waals surface area contributed by atoms with Crippen molar-refractivity contribution in [3.63, 3.8) is 0 Å². The van der Waals surface area contributed by atoms with Crippen LogP contribution in [0.3, 0.4) is 0 Å². The number of hydrogen-bond acceptors (Lipinski definition) is 7. The van der Waals surface area contributed by atoms with Gasteiger partial charge in [0.1, 0.15) is 11.8 Å². The minimum absolute atomic E-state index is 0.246. The van der Waals surface area contributed by atoms with E-state index in [0.717, 1.165) is 43.5 Å². The number of fused-ring (bicyclic) bond motifs is 1. The first-order valence-corrected chi connectivity index (χ1v) is 11.2.